The number of aliphatic imine (C=N–C) groups is 2. The summed E-state index contributed by atoms with van der Waals surface area (Å²) in [5.74, 6) is 1.03. The number of benzene rings is 9. The molecule has 4 heteroatoms. The van der Waals surface area contributed by atoms with Crippen LogP contribution in [0.15, 0.2) is 232 Å². The number of amidine groups is 1. The van der Waals surface area contributed by atoms with Gasteiger partial charge in [0.15, 0.2) is 5.84 Å². The summed E-state index contributed by atoms with van der Waals surface area (Å²) in [6, 6.07) is 76.6. The van der Waals surface area contributed by atoms with Gasteiger partial charge in [-0.2, -0.15) is 0 Å². The summed E-state index contributed by atoms with van der Waals surface area (Å²) in [6.07, 6.45) is 4.11. The molecule has 3 nitrogen and oxygen atoms in total. The summed E-state index contributed by atoms with van der Waals surface area (Å²) in [5, 5.41) is 2.24. The topological polar surface area (TPSA) is 37.9 Å². The minimum absolute atomic E-state index is 0.0517. The molecule has 70 heavy (non-hydrogen) atoms. The summed E-state index contributed by atoms with van der Waals surface area (Å²) in [6.45, 7) is 6.66. The zero-order chi connectivity index (χ0) is 47.6. The molecule has 2 atom stereocenters. The van der Waals surface area contributed by atoms with Gasteiger partial charge < -0.3 is 4.42 Å². The molecular formula is C66H53IN2O. The Balaban J connectivity index is 0.991. The van der Waals surface area contributed by atoms with E-state index < -0.39 is 0 Å². The van der Waals surface area contributed by atoms with Crippen molar-refractivity contribution in [3.05, 3.63) is 257 Å². The van der Waals surface area contributed by atoms with Gasteiger partial charge in [0.2, 0.25) is 0 Å². The van der Waals surface area contributed by atoms with Crippen LogP contribution in [0.3, 0.4) is 0 Å². The van der Waals surface area contributed by atoms with Crippen molar-refractivity contribution in [1.29, 1.82) is 0 Å². The van der Waals surface area contributed by atoms with E-state index >= 15 is 0 Å². The Labute approximate surface area is 425 Å². The van der Waals surface area contributed by atoms with Crippen molar-refractivity contribution < 1.29 is 4.42 Å². The van der Waals surface area contributed by atoms with Crippen molar-refractivity contribution in [2.24, 2.45) is 9.98 Å². The molecule has 0 aliphatic heterocycles. The normalized spacial score (nSPS) is 13.6. The standard InChI is InChI=1S/C66H53IN2O/c1-4-54(46-22-10-6-11-23-46)58-35-33-48(39-60(58)55-27-16-14-19-43(55)2)49-34-36-63-61(40-49)65-57(29-18-30-64(65)70-63)52-32-31-51-38-53(37-50-26-15-17-28-56(50)59(51)41-52)62(42-67)69-66(47-24-12-7-13-25-47)68-44(3)45-20-8-5-9-21-45/h5-37,39-41,44,54H,4,38,42H2,1-3H3/t44-,54?/m0/s1. The second-order valence-electron chi connectivity index (χ2n) is 18.4. The van der Waals surface area contributed by atoms with E-state index in [1.165, 1.54) is 61.2 Å². The number of hydrogen-bond donors (Lipinski definition) is 0. The fourth-order valence-electron chi connectivity index (χ4n) is 10.4. The molecule has 9 aromatic carbocycles. The molecule has 0 saturated carbocycles. The summed E-state index contributed by atoms with van der Waals surface area (Å²) >= 11 is 2.47. The smallest absolute Gasteiger partial charge is 0.155 e. The molecule has 1 aromatic heterocycles. The lowest BCUT2D eigenvalue weighted by molar-refractivity contribution is 0.669. The van der Waals surface area contributed by atoms with Crippen molar-refractivity contribution in [2.75, 3.05) is 4.43 Å². The van der Waals surface area contributed by atoms with Crippen LogP contribution in [-0.2, 0) is 6.42 Å². The molecule has 0 amide bonds. The van der Waals surface area contributed by atoms with Gasteiger partial charge in [-0.15, -0.1) is 0 Å². The minimum Gasteiger partial charge on any atom is -0.456 e. The Morgan fingerprint density at radius 2 is 1.21 bits per heavy atom. The van der Waals surface area contributed by atoms with E-state index in [2.05, 4.69) is 250 Å². The molecule has 0 bridgehead atoms. The average molecular weight is 1020 g/mol. The molecule has 340 valence electrons. The largest absolute Gasteiger partial charge is 0.456 e. The molecule has 1 aliphatic rings. The van der Waals surface area contributed by atoms with Gasteiger partial charge in [-0.3, -0.25) is 4.99 Å². The number of fused-ring (bicyclic) bond motifs is 6. The first-order valence-electron chi connectivity index (χ1n) is 24.4. The van der Waals surface area contributed by atoms with E-state index in [0.29, 0.717) is 0 Å². The highest BCUT2D eigenvalue weighted by molar-refractivity contribution is 14.1. The Morgan fingerprint density at radius 3 is 1.97 bits per heavy atom. The lowest BCUT2D eigenvalue weighted by Gasteiger charge is -2.22. The number of aryl methyl sites for hydroxylation is 1. The Kier molecular flexibility index (Phi) is 12.8. The van der Waals surface area contributed by atoms with Gasteiger partial charge in [-0.25, -0.2) is 4.99 Å². The first-order valence-corrected chi connectivity index (χ1v) is 25.9. The van der Waals surface area contributed by atoms with Crippen LogP contribution >= 0.6 is 22.6 Å². The maximum Gasteiger partial charge on any atom is 0.155 e. The molecule has 0 saturated heterocycles. The predicted octanol–water partition coefficient (Wildman–Crippen LogP) is 18.1. The summed E-state index contributed by atoms with van der Waals surface area (Å²) in [4.78, 5) is 10.7. The van der Waals surface area contributed by atoms with Gasteiger partial charge in [-0.05, 0) is 147 Å². The summed E-state index contributed by atoms with van der Waals surface area (Å²) < 4.78 is 7.39. The van der Waals surface area contributed by atoms with Crippen LogP contribution < -0.4 is 0 Å². The van der Waals surface area contributed by atoms with Crippen LogP contribution in [-0.4, -0.2) is 16.0 Å². The lowest BCUT2D eigenvalue weighted by atomic mass is 9.82. The van der Waals surface area contributed by atoms with Gasteiger partial charge in [0.05, 0.1) is 11.8 Å². The Morgan fingerprint density at radius 1 is 0.571 bits per heavy atom. The third-order valence-electron chi connectivity index (χ3n) is 14.1. The van der Waals surface area contributed by atoms with Gasteiger partial charge in [0.1, 0.15) is 11.2 Å². The monoisotopic (exact) mass is 1020 g/mol. The molecule has 10 aromatic rings. The molecule has 0 radical (unpaired) electrons. The first kappa shape index (κ1) is 45.1. The maximum absolute atomic E-state index is 6.65. The third kappa shape index (κ3) is 8.89. The van der Waals surface area contributed by atoms with Crippen molar-refractivity contribution in [3.63, 3.8) is 0 Å². The SMILES string of the molecule is CCC(c1ccccc1)c1ccc(-c2ccc3oc4cccc(-c5ccc6c(c5)-c5ccccc5C=C(C(CI)=NC(=N[C@@H](C)c5ccccc5)c5ccccc5)C6)c4c3c2)cc1-c1ccccc1C. The van der Waals surface area contributed by atoms with E-state index in [1.807, 2.05) is 12.1 Å². The highest BCUT2D eigenvalue weighted by Gasteiger charge is 2.23. The number of allylic oxidation sites excluding steroid dienone is 1. The Bertz CT molecular complexity index is 3620. The van der Waals surface area contributed by atoms with Crippen LogP contribution in [0.4, 0.5) is 0 Å². The highest BCUT2D eigenvalue weighted by Crippen LogP contribution is 2.44. The van der Waals surface area contributed by atoms with E-state index in [9.17, 15) is 0 Å². The van der Waals surface area contributed by atoms with Crippen LogP contribution in [0.5, 0.6) is 0 Å². The van der Waals surface area contributed by atoms with E-state index in [-0.39, 0.29) is 12.0 Å². The Hall–Kier alpha value is -7.41. The summed E-state index contributed by atoms with van der Waals surface area (Å²) in [7, 11) is 0. The maximum atomic E-state index is 6.65. The number of nitrogens with zero attached hydrogens (tertiary/aromatic N) is 2. The fourth-order valence-corrected chi connectivity index (χ4v) is 11.1. The second kappa shape index (κ2) is 19.9. The molecule has 1 unspecified atom stereocenters. The van der Waals surface area contributed by atoms with E-state index in [1.54, 1.807) is 0 Å². The number of furan rings is 1. The van der Waals surface area contributed by atoms with Gasteiger partial charge in [0.25, 0.3) is 0 Å². The van der Waals surface area contributed by atoms with E-state index in [4.69, 9.17) is 14.4 Å². The van der Waals surface area contributed by atoms with Gasteiger partial charge in [0, 0.05) is 26.7 Å². The molecule has 11 rings (SSSR count). The van der Waals surface area contributed by atoms with Crippen LogP contribution in [0.25, 0.3) is 72.5 Å². The van der Waals surface area contributed by atoms with Crippen molar-refractivity contribution in [1.82, 2.24) is 0 Å². The number of alkyl halides is 1. The van der Waals surface area contributed by atoms with Crippen molar-refractivity contribution in [3.8, 4) is 44.5 Å². The third-order valence-corrected chi connectivity index (χ3v) is 14.8. The van der Waals surface area contributed by atoms with Gasteiger partial charge in [-0.1, -0.05) is 212 Å². The molecule has 0 spiro atoms. The van der Waals surface area contributed by atoms with Crippen molar-refractivity contribution in [2.45, 2.75) is 45.6 Å². The molecule has 0 fully saturated rings. The quantitative estimate of drug-likeness (QED) is 0.0551. The first-order chi connectivity index (χ1) is 34.4. The van der Waals surface area contributed by atoms with Crippen LogP contribution in [0.1, 0.15) is 71.2 Å². The van der Waals surface area contributed by atoms with Gasteiger partial charge >= 0.3 is 0 Å². The number of hydrogen-bond acceptors (Lipinski definition) is 2. The zero-order valence-corrected chi connectivity index (χ0v) is 41.9. The van der Waals surface area contributed by atoms with Crippen LogP contribution in [0, 0.1) is 6.92 Å². The average Bonchev–Trinajstić information content (AvgIpc) is 3.71. The molecule has 0 N–H and O–H groups in total. The minimum atomic E-state index is -0.0517. The number of rotatable bonds is 11. The number of halogens is 1. The second-order valence-corrected chi connectivity index (χ2v) is 19.1. The van der Waals surface area contributed by atoms with Crippen LogP contribution in [0.2, 0.25) is 0 Å². The highest BCUT2D eigenvalue weighted by atomic mass is 127. The molecule has 1 aliphatic carbocycles. The predicted molar refractivity (Wildman–Crippen MR) is 305 cm³/mol. The summed E-state index contributed by atoms with van der Waals surface area (Å²) in [5.41, 5.74) is 22.3. The molecular weight excluding hydrogens is 964 g/mol. The zero-order valence-electron chi connectivity index (χ0n) is 39.7. The lowest BCUT2D eigenvalue weighted by Crippen LogP contribution is -2.12. The van der Waals surface area contributed by atoms with E-state index in [0.717, 1.165) is 78.6 Å². The molecule has 1 heterocycles. The van der Waals surface area contributed by atoms with Crippen molar-refractivity contribution >= 4 is 62.2 Å². The fraction of sp³-hybridized carbons (Fsp3) is 0.121.